The number of piperidine rings is 1. The van der Waals surface area contributed by atoms with Gasteiger partial charge in [-0.25, -0.2) is 8.78 Å². The number of halogens is 2. The number of hydrogen-bond donors (Lipinski definition) is 0. The Bertz CT molecular complexity index is 911. The summed E-state index contributed by atoms with van der Waals surface area (Å²) in [6.07, 6.45) is 5.94. The molecule has 1 fully saturated rings. The molecule has 174 valence electrons. The number of carbonyl (C=O) groups is 1. The second kappa shape index (κ2) is 11.5. The highest BCUT2D eigenvalue weighted by Gasteiger charge is 2.25. The monoisotopic (exact) mass is 442 g/mol. The third-order valence-corrected chi connectivity index (χ3v) is 6.30. The number of aryl methyl sites for hydroxylation is 1. The molecule has 3 nitrogen and oxygen atoms in total. The largest absolute Gasteiger partial charge is 0.300 e. The minimum absolute atomic E-state index is 0.106. The molecule has 0 saturated carbocycles. The predicted octanol–water partition coefficient (Wildman–Crippen LogP) is 6.58. The molecule has 32 heavy (non-hydrogen) atoms. The van der Waals surface area contributed by atoms with Crippen LogP contribution in [0.2, 0.25) is 0 Å². The quantitative estimate of drug-likeness (QED) is 0.321. The Balaban J connectivity index is 2.06. The van der Waals surface area contributed by atoms with E-state index in [0.717, 1.165) is 55.5 Å². The first-order chi connectivity index (χ1) is 15.0. The highest BCUT2D eigenvalue weighted by Crippen LogP contribution is 2.28. The van der Waals surface area contributed by atoms with E-state index >= 15 is 0 Å². The molecule has 2 rings (SSSR count). The van der Waals surface area contributed by atoms with Gasteiger partial charge in [-0.1, -0.05) is 19.1 Å². The maximum atomic E-state index is 14.4. The first-order valence-electron chi connectivity index (χ1n) is 11.6. The molecule has 1 aliphatic heterocycles. The summed E-state index contributed by atoms with van der Waals surface area (Å²) in [7, 11) is 0. The van der Waals surface area contributed by atoms with Crippen LogP contribution in [0.3, 0.4) is 0 Å². The summed E-state index contributed by atoms with van der Waals surface area (Å²) in [5, 5.41) is 9.68. The Hall–Kier alpha value is -2.32. The molecule has 1 aromatic rings. The Morgan fingerprint density at radius 3 is 2.47 bits per heavy atom. The van der Waals surface area contributed by atoms with E-state index in [1.165, 1.54) is 19.9 Å². The number of likely N-dealkylation sites (tertiary alicyclic amines) is 1. The van der Waals surface area contributed by atoms with Crippen LogP contribution >= 0.6 is 0 Å². The number of hydrogen-bond acceptors (Lipinski definition) is 3. The van der Waals surface area contributed by atoms with Crippen molar-refractivity contribution in [1.82, 2.24) is 4.90 Å². The van der Waals surface area contributed by atoms with Crippen molar-refractivity contribution >= 4 is 11.4 Å². The molecule has 1 saturated heterocycles. The number of benzene rings is 1. The van der Waals surface area contributed by atoms with Crippen molar-refractivity contribution in [3.8, 4) is 6.07 Å². The lowest BCUT2D eigenvalue weighted by atomic mass is 9.88. The topological polar surface area (TPSA) is 44.1 Å². The van der Waals surface area contributed by atoms with Crippen molar-refractivity contribution in [2.45, 2.75) is 72.4 Å². The van der Waals surface area contributed by atoms with Crippen LogP contribution in [0.15, 0.2) is 35.7 Å². The van der Waals surface area contributed by atoms with Crippen LogP contribution < -0.4 is 0 Å². The van der Waals surface area contributed by atoms with Crippen molar-refractivity contribution in [3.05, 3.63) is 52.4 Å². The van der Waals surface area contributed by atoms with Gasteiger partial charge in [0, 0.05) is 12.1 Å². The van der Waals surface area contributed by atoms with E-state index in [-0.39, 0.29) is 11.4 Å². The van der Waals surface area contributed by atoms with E-state index in [0.29, 0.717) is 24.4 Å². The summed E-state index contributed by atoms with van der Waals surface area (Å²) in [5.41, 5.74) is 2.14. The van der Waals surface area contributed by atoms with E-state index in [2.05, 4.69) is 11.0 Å². The Labute approximate surface area is 191 Å². The number of allylic oxidation sites excluding steroid dienone is 4. The molecule has 1 aromatic carbocycles. The third-order valence-electron chi connectivity index (χ3n) is 6.30. The summed E-state index contributed by atoms with van der Waals surface area (Å²) in [6, 6.07) is 8.03. The standard InChI is InChI=1S/C27H36F2N2O/c1-6-22(16-26(28)19(2)20(3)32)24-10-9-23(25(15-24)17-30)8-7-21-11-13-31(14-12-21)18-27(4,5)29/h9-10,15-16,21H,6-8,11-14,18H2,1-5H3/b22-16+,26-19-. The van der Waals surface area contributed by atoms with Crippen molar-refractivity contribution in [2.24, 2.45) is 5.92 Å². The van der Waals surface area contributed by atoms with Gasteiger partial charge in [0.25, 0.3) is 0 Å². The lowest BCUT2D eigenvalue weighted by Gasteiger charge is -2.34. The van der Waals surface area contributed by atoms with Gasteiger partial charge in [0.2, 0.25) is 0 Å². The van der Waals surface area contributed by atoms with E-state index in [1.807, 2.05) is 25.1 Å². The number of ketones is 1. The first-order valence-corrected chi connectivity index (χ1v) is 11.6. The van der Waals surface area contributed by atoms with E-state index < -0.39 is 11.5 Å². The van der Waals surface area contributed by atoms with Gasteiger partial charge in [-0.3, -0.25) is 4.79 Å². The molecular weight excluding hydrogens is 406 g/mol. The second-order valence-electron chi connectivity index (χ2n) is 9.51. The Morgan fingerprint density at radius 1 is 1.28 bits per heavy atom. The fourth-order valence-corrected chi connectivity index (χ4v) is 4.24. The molecule has 0 radical (unpaired) electrons. The van der Waals surface area contributed by atoms with Gasteiger partial charge < -0.3 is 4.90 Å². The minimum Gasteiger partial charge on any atom is -0.300 e. The molecule has 0 amide bonds. The molecule has 0 aliphatic carbocycles. The average Bonchev–Trinajstić information content (AvgIpc) is 2.75. The normalized spacial score (nSPS) is 17.1. The van der Waals surface area contributed by atoms with Crippen molar-refractivity contribution in [3.63, 3.8) is 0 Å². The molecule has 1 aliphatic rings. The van der Waals surface area contributed by atoms with Crippen LogP contribution in [0.25, 0.3) is 5.57 Å². The van der Waals surface area contributed by atoms with Crippen LogP contribution in [-0.2, 0) is 11.2 Å². The lowest BCUT2D eigenvalue weighted by Crippen LogP contribution is -2.41. The average molecular weight is 443 g/mol. The van der Waals surface area contributed by atoms with Gasteiger partial charge >= 0.3 is 0 Å². The number of Topliss-reactive ketones (excluding diaryl/α,β-unsaturated/α-hetero) is 1. The zero-order chi connectivity index (χ0) is 23.9. The molecule has 1 heterocycles. The Kier molecular flexibility index (Phi) is 9.33. The van der Waals surface area contributed by atoms with E-state index in [1.54, 1.807) is 13.8 Å². The summed E-state index contributed by atoms with van der Waals surface area (Å²) >= 11 is 0. The van der Waals surface area contributed by atoms with Gasteiger partial charge in [0.1, 0.15) is 11.5 Å². The highest BCUT2D eigenvalue weighted by atomic mass is 19.1. The molecular formula is C27H36F2N2O. The number of carbonyl (C=O) groups excluding carboxylic acids is 1. The molecule has 0 N–H and O–H groups in total. The summed E-state index contributed by atoms with van der Waals surface area (Å²) < 4.78 is 28.2. The SMILES string of the molecule is CC/C(=C\C(F)=C(/C)C(C)=O)c1ccc(CCC2CCN(CC(C)(C)F)CC2)c(C#N)c1. The number of alkyl halides is 1. The summed E-state index contributed by atoms with van der Waals surface area (Å²) in [6.45, 7) is 10.3. The first kappa shape index (κ1) is 25.9. The molecule has 0 bridgehead atoms. The zero-order valence-corrected chi connectivity index (χ0v) is 20.1. The zero-order valence-electron chi connectivity index (χ0n) is 20.1. The molecule has 5 heteroatoms. The second-order valence-corrected chi connectivity index (χ2v) is 9.51. The van der Waals surface area contributed by atoms with Crippen LogP contribution in [-0.4, -0.2) is 36.0 Å². The van der Waals surface area contributed by atoms with Crippen LogP contribution in [0.5, 0.6) is 0 Å². The van der Waals surface area contributed by atoms with Gasteiger partial charge in [0.05, 0.1) is 11.6 Å². The number of nitrogens with zero attached hydrogens (tertiary/aromatic N) is 2. The van der Waals surface area contributed by atoms with E-state index in [4.69, 9.17) is 0 Å². The van der Waals surface area contributed by atoms with E-state index in [9.17, 15) is 18.8 Å². The minimum atomic E-state index is -1.16. The maximum Gasteiger partial charge on any atom is 0.158 e. The van der Waals surface area contributed by atoms with Crippen molar-refractivity contribution < 1.29 is 13.6 Å². The van der Waals surface area contributed by atoms with Gasteiger partial charge in [0.15, 0.2) is 5.78 Å². The third kappa shape index (κ3) is 7.67. The van der Waals surface area contributed by atoms with Crippen LogP contribution in [0, 0.1) is 17.2 Å². The van der Waals surface area contributed by atoms with Crippen molar-refractivity contribution in [2.75, 3.05) is 19.6 Å². The number of nitriles is 1. The van der Waals surface area contributed by atoms with Crippen LogP contribution in [0.4, 0.5) is 8.78 Å². The molecule has 0 aromatic heterocycles. The fraction of sp³-hybridized carbons (Fsp3) is 0.556. The lowest BCUT2D eigenvalue weighted by molar-refractivity contribution is -0.113. The highest BCUT2D eigenvalue weighted by molar-refractivity contribution is 5.93. The van der Waals surface area contributed by atoms with Crippen molar-refractivity contribution in [1.29, 1.82) is 5.26 Å². The molecule has 0 atom stereocenters. The van der Waals surface area contributed by atoms with Crippen LogP contribution in [0.1, 0.15) is 77.0 Å². The molecule has 0 unspecified atom stereocenters. The smallest absolute Gasteiger partial charge is 0.158 e. The van der Waals surface area contributed by atoms with Gasteiger partial charge in [-0.2, -0.15) is 5.26 Å². The molecule has 0 spiro atoms. The Morgan fingerprint density at radius 2 is 1.94 bits per heavy atom. The maximum absolute atomic E-state index is 14.4. The fourth-order valence-electron chi connectivity index (χ4n) is 4.24. The van der Waals surface area contributed by atoms with Gasteiger partial charge in [-0.05, 0) is 108 Å². The predicted molar refractivity (Wildman–Crippen MR) is 127 cm³/mol. The summed E-state index contributed by atoms with van der Waals surface area (Å²) in [5.74, 6) is -0.235. The van der Waals surface area contributed by atoms with Gasteiger partial charge in [-0.15, -0.1) is 0 Å². The summed E-state index contributed by atoms with van der Waals surface area (Å²) in [4.78, 5) is 13.6. The number of rotatable bonds is 9.